The van der Waals surface area contributed by atoms with Crippen molar-refractivity contribution in [2.75, 3.05) is 17.7 Å². The van der Waals surface area contributed by atoms with E-state index in [1.165, 1.54) is 5.38 Å². The second-order valence-corrected chi connectivity index (χ2v) is 13.0. The van der Waals surface area contributed by atoms with Gasteiger partial charge >= 0.3 is 18.7 Å². The number of oxime groups is 1. The van der Waals surface area contributed by atoms with Gasteiger partial charge in [0.1, 0.15) is 35.0 Å². The Morgan fingerprint density at radius 2 is 1.57 bits per heavy atom. The van der Waals surface area contributed by atoms with Gasteiger partial charge < -0.3 is 31.0 Å². The van der Waals surface area contributed by atoms with Gasteiger partial charge in [0.05, 0.1) is 0 Å². The number of nitrogens with one attached hydrogen (secondary N) is 2. The molecule has 262 valence electrons. The Labute approximate surface area is 297 Å². The van der Waals surface area contributed by atoms with E-state index in [2.05, 4.69) is 25.6 Å². The van der Waals surface area contributed by atoms with E-state index >= 15 is 0 Å². The monoisotopic (exact) mass is 734 g/mol. The molecular formula is C34H28F2N6O7S2. The summed E-state index contributed by atoms with van der Waals surface area (Å²) in [6, 6.07) is 27.6. The van der Waals surface area contributed by atoms with Gasteiger partial charge in [-0.05, 0) is 16.7 Å². The minimum Gasteiger partial charge on any atom is -0.477 e. The Bertz CT molecular complexity index is 1900. The molecule has 13 nitrogen and oxygen atoms in total. The van der Waals surface area contributed by atoms with Gasteiger partial charge in [0, 0.05) is 16.7 Å². The van der Waals surface area contributed by atoms with Crippen molar-refractivity contribution in [1.82, 2.24) is 15.2 Å². The lowest BCUT2D eigenvalue weighted by Crippen LogP contribution is -2.71. The Kier molecular flexibility index (Phi) is 10.3. The molecule has 2 aliphatic heterocycles. The largest absolute Gasteiger partial charge is 0.477 e. The number of thiazole rings is 1. The number of alkyl halides is 2. The number of hydrogen-bond acceptors (Lipinski definition) is 11. The van der Waals surface area contributed by atoms with Crippen molar-refractivity contribution in [3.05, 3.63) is 130 Å². The maximum Gasteiger partial charge on any atom is 0.407 e. The average molecular weight is 735 g/mol. The first-order chi connectivity index (χ1) is 24.6. The van der Waals surface area contributed by atoms with Crippen molar-refractivity contribution in [3.8, 4) is 0 Å². The number of carbonyl (C=O) groups excluding carboxylic acids is 3. The zero-order chi connectivity index (χ0) is 36.1. The first-order valence-corrected chi connectivity index (χ1v) is 17.1. The van der Waals surface area contributed by atoms with E-state index in [0.717, 1.165) is 44.7 Å². The highest BCUT2D eigenvalue weighted by molar-refractivity contribution is 8.00. The Balaban J connectivity index is 1.30. The fraction of sp³-hybridized carbons (Fsp3) is 0.176. The SMILES string of the molecule is NC(=O)OCC1=C(C(=O)O)N2C(=O)C(NC(=O)C(=NOC(F)F)c3csc(NC(c4ccccc4)(c4ccccc4)c4ccccc4)n3)[C@H]2SC1. The Hall–Kier alpha value is -5.81. The molecule has 1 unspecified atom stereocenters. The highest BCUT2D eigenvalue weighted by atomic mass is 32.2. The van der Waals surface area contributed by atoms with E-state index in [-0.39, 0.29) is 17.0 Å². The van der Waals surface area contributed by atoms with E-state index in [4.69, 9.17) is 10.5 Å². The van der Waals surface area contributed by atoms with Crippen LogP contribution >= 0.6 is 23.1 Å². The number of halogens is 2. The molecule has 1 saturated heterocycles. The minimum atomic E-state index is -3.37. The number of anilines is 1. The van der Waals surface area contributed by atoms with Gasteiger partial charge in [0.15, 0.2) is 10.8 Å². The van der Waals surface area contributed by atoms with Crippen molar-refractivity contribution in [3.63, 3.8) is 0 Å². The summed E-state index contributed by atoms with van der Waals surface area (Å²) >= 11 is 2.19. The molecule has 3 aromatic carbocycles. The number of carbonyl (C=O) groups is 4. The fourth-order valence-electron chi connectivity index (χ4n) is 5.84. The molecule has 1 fully saturated rings. The molecule has 2 aliphatic rings. The van der Waals surface area contributed by atoms with Gasteiger partial charge in [-0.25, -0.2) is 14.6 Å². The van der Waals surface area contributed by atoms with Gasteiger partial charge in [0.25, 0.3) is 11.8 Å². The van der Waals surface area contributed by atoms with Crippen molar-refractivity contribution >= 4 is 57.8 Å². The summed E-state index contributed by atoms with van der Waals surface area (Å²) in [7, 11) is 0. The number of carboxylic acid groups (broad SMARTS) is 1. The van der Waals surface area contributed by atoms with Crippen molar-refractivity contribution in [1.29, 1.82) is 0 Å². The van der Waals surface area contributed by atoms with Crippen LogP contribution < -0.4 is 16.4 Å². The number of benzene rings is 3. The summed E-state index contributed by atoms with van der Waals surface area (Å²) < 4.78 is 31.1. The lowest BCUT2D eigenvalue weighted by atomic mass is 9.77. The molecular weight excluding hydrogens is 707 g/mol. The lowest BCUT2D eigenvalue weighted by molar-refractivity contribution is -0.150. The molecule has 5 N–H and O–H groups in total. The number of primary amides is 1. The molecule has 2 atom stereocenters. The molecule has 3 heterocycles. The standard InChI is InChI=1S/C34H28F2N6O7S2/c35-31(36)49-41-24(27(43)39-25-28(44)42-26(30(45)46)19(16-48-32(37)47)17-50-29(25)42)23-18-51-33(38-23)40-34(20-10-4-1-5-11-20,21-12-6-2-7-13-21)22-14-8-3-9-15-22/h1-15,18,25,29,31H,16-17H2,(H2,37,47)(H,38,40)(H,39,43)(H,45,46)/t25?,29-/m1/s1. The van der Waals surface area contributed by atoms with Gasteiger partial charge in [-0.1, -0.05) is 96.2 Å². The van der Waals surface area contributed by atoms with E-state index in [0.29, 0.717) is 5.13 Å². The molecule has 3 amide bonds. The maximum atomic E-state index is 13.6. The van der Waals surface area contributed by atoms with Crippen molar-refractivity contribution < 1.29 is 42.6 Å². The van der Waals surface area contributed by atoms with Crippen molar-refractivity contribution in [2.45, 2.75) is 23.6 Å². The van der Waals surface area contributed by atoms with Gasteiger partial charge in [-0.2, -0.15) is 8.78 Å². The van der Waals surface area contributed by atoms with Crippen LogP contribution in [0, 0.1) is 0 Å². The number of hydrogen-bond donors (Lipinski definition) is 4. The predicted molar refractivity (Wildman–Crippen MR) is 184 cm³/mol. The quantitative estimate of drug-likeness (QED) is 0.0667. The maximum absolute atomic E-state index is 13.6. The summed E-state index contributed by atoms with van der Waals surface area (Å²) in [4.78, 5) is 59.6. The summed E-state index contributed by atoms with van der Waals surface area (Å²) in [5.74, 6) is -3.26. The van der Waals surface area contributed by atoms with Crippen LogP contribution in [0.2, 0.25) is 0 Å². The number of ether oxygens (including phenoxy) is 1. The van der Waals surface area contributed by atoms with Gasteiger partial charge in [-0.15, -0.1) is 23.1 Å². The molecule has 6 rings (SSSR count). The third kappa shape index (κ3) is 7.11. The van der Waals surface area contributed by atoms with E-state index in [1.54, 1.807) is 0 Å². The third-order valence-corrected chi connectivity index (χ3v) is 10.1. The number of aliphatic carboxylic acids is 1. The second kappa shape index (κ2) is 15.0. The smallest absolute Gasteiger partial charge is 0.407 e. The number of rotatable bonds is 13. The number of β-lactam (4-membered cyclic amide) rings is 1. The van der Waals surface area contributed by atoms with Crippen LogP contribution in [-0.4, -0.2) is 75.0 Å². The number of carboxylic acids is 1. The normalized spacial score (nSPS) is 17.4. The molecule has 1 aromatic heterocycles. The highest BCUT2D eigenvalue weighted by Gasteiger charge is 2.54. The molecule has 4 aromatic rings. The van der Waals surface area contributed by atoms with E-state index in [9.17, 15) is 33.1 Å². The molecule has 17 heteroatoms. The summed E-state index contributed by atoms with van der Waals surface area (Å²) in [5.41, 5.74) is 5.57. The molecule has 0 saturated carbocycles. The van der Waals surface area contributed by atoms with E-state index in [1.807, 2.05) is 91.0 Å². The molecule has 0 radical (unpaired) electrons. The minimum absolute atomic E-state index is 0.0400. The van der Waals surface area contributed by atoms with Crippen LogP contribution in [0.15, 0.2) is 113 Å². The molecule has 0 spiro atoms. The van der Waals surface area contributed by atoms with Gasteiger partial charge in [0.2, 0.25) is 0 Å². The van der Waals surface area contributed by atoms with Crippen LogP contribution in [0.3, 0.4) is 0 Å². The van der Waals surface area contributed by atoms with Gasteiger partial charge in [-0.3, -0.25) is 14.5 Å². The van der Waals surface area contributed by atoms with Crippen LogP contribution in [0.4, 0.5) is 18.7 Å². The average Bonchev–Trinajstić information content (AvgIpc) is 3.60. The molecule has 0 aliphatic carbocycles. The van der Waals surface area contributed by atoms with Crippen LogP contribution in [0.1, 0.15) is 22.4 Å². The zero-order valence-electron chi connectivity index (χ0n) is 26.3. The predicted octanol–water partition coefficient (Wildman–Crippen LogP) is 4.32. The van der Waals surface area contributed by atoms with Crippen LogP contribution in [-0.2, 0) is 29.5 Å². The van der Waals surface area contributed by atoms with Crippen LogP contribution in [0.25, 0.3) is 0 Å². The lowest BCUT2D eigenvalue weighted by Gasteiger charge is -2.49. The number of aromatic nitrogens is 1. The summed E-state index contributed by atoms with van der Waals surface area (Å²) in [6.45, 7) is -3.82. The first kappa shape index (κ1) is 35.0. The second-order valence-electron chi connectivity index (χ2n) is 11.0. The summed E-state index contributed by atoms with van der Waals surface area (Å²) in [6.07, 6.45) is -1.12. The number of fused-ring (bicyclic) bond motifs is 1. The number of nitrogens with zero attached hydrogens (tertiary/aromatic N) is 3. The highest BCUT2D eigenvalue weighted by Crippen LogP contribution is 2.42. The third-order valence-electron chi connectivity index (χ3n) is 8.03. The fourth-order valence-corrected chi connectivity index (χ4v) is 7.92. The summed E-state index contributed by atoms with van der Waals surface area (Å²) in [5, 5.41) is 20.1. The number of nitrogens with two attached hydrogens (primary N) is 1. The first-order valence-electron chi connectivity index (χ1n) is 15.2. The number of thioether (sulfide) groups is 1. The number of amides is 3. The molecule has 51 heavy (non-hydrogen) atoms. The topological polar surface area (TPSA) is 186 Å². The Morgan fingerprint density at radius 1 is 1.00 bits per heavy atom. The Morgan fingerprint density at radius 3 is 2.08 bits per heavy atom. The zero-order valence-corrected chi connectivity index (χ0v) is 27.9. The van der Waals surface area contributed by atoms with Crippen LogP contribution in [0.5, 0.6) is 0 Å². The molecule has 0 bridgehead atoms. The van der Waals surface area contributed by atoms with E-state index < -0.39 is 65.5 Å². The van der Waals surface area contributed by atoms with Crippen molar-refractivity contribution in [2.24, 2.45) is 10.9 Å².